The van der Waals surface area contributed by atoms with Crippen molar-refractivity contribution in [2.45, 2.75) is 31.8 Å². The van der Waals surface area contributed by atoms with Crippen LogP contribution in [-0.2, 0) is 16.8 Å². The van der Waals surface area contributed by atoms with Gasteiger partial charge in [0.25, 0.3) is 5.91 Å². The number of amides is 1. The minimum Gasteiger partial charge on any atom is -0.495 e. The van der Waals surface area contributed by atoms with Crippen LogP contribution in [0.4, 0.5) is 0 Å². The van der Waals surface area contributed by atoms with E-state index in [-0.39, 0.29) is 11.5 Å². The highest BCUT2D eigenvalue weighted by molar-refractivity contribution is 7.15. The Kier molecular flexibility index (Phi) is 5.24. The van der Waals surface area contributed by atoms with Gasteiger partial charge in [0.1, 0.15) is 5.75 Å². The third-order valence-electron chi connectivity index (χ3n) is 6.36. The molecule has 5 rings (SSSR count). The number of hydrogen-bond donors (Lipinski definition) is 0. The second-order valence-electron chi connectivity index (χ2n) is 8.11. The molecule has 0 aromatic carbocycles. The molecule has 6 nitrogen and oxygen atoms in total. The molecule has 0 N–H and O–H groups in total. The Morgan fingerprint density at radius 3 is 2.77 bits per heavy atom. The Morgan fingerprint density at radius 1 is 1.23 bits per heavy atom. The standard InChI is InChI=1S/C24H25N3O3S/c1-16-5-9-25-15-18(16)23(28)27-10-7-24(8-11-27)19-13-22(31-21(19)6-12-30-24)20-4-3-17(29-2)14-26-20/h3-5,9,13-15H,6-8,10-12H2,1-2H3. The fourth-order valence-corrected chi connectivity index (χ4v) is 5.74. The second kappa shape index (κ2) is 8.05. The van der Waals surface area contributed by atoms with Crippen LogP contribution in [-0.4, -0.2) is 47.6 Å². The Morgan fingerprint density at radius 2 is 2.06 bits per heavy atom. The van der Waals surface area contributed by atoms with Crippen LogP contribution in [0, 0.1) is 6.92 Å². The average molecular weight is 436 g/mol. The molecule has 2 aliphatic rings. The molecule has 0 saturated carbocycles. The summed E-state index contributed by atoms with van der Waals surface area (Å²) in [7, 11) is 1.65. The van der Waals surface area contributed by atoms with Crippen LogP contribution in [0.15, 0.2) is 42.9 Å². The number of aryl methyl sites for hydroxylation is 1. The highest BCUT2D eigenvalue weighted by Gasteiger charge is 2.43. The third-order valence-corrected chi connectivity index (χ3v) is 7.58. The molecule has 0 unspecified atom stereocenters. The predicted octanol–water partition coefficient (Wildman–Crippen LogP) is 4.23. The van der Waals surface area contributed by atoms with Gasteiger partial charge >= 0.3 is 0 Å². The van der Waals surface area contributed by atoms with Gasteiger partial charge in [0.05, 0.1) is 41.6 Å². The normalized spacial score (nSPS) is 17.4. The van der Waals surface area contributed by atoms with Crippen LogP contribution in [0.1, 0.15) is 39.2 Å². The fraction of sp³-hybridized carbons (Fsp3) is 0.375. The second-order valence-corrected chi connectivity index (χ2v) is 9.24. The summed E-state index contributed by atoms with van der Waals surface area (Å²) >= 11 is 1.80. The molecule has 2 aliphatic heterocycles. The van der Waals surface area contributed by atoms with Gasteiger partial charge in [0.15, 0.2) is 0 Å². The van der Waals surface area contributed by atoms with Crippen LogP contribution in [0.2, 0.25) is 0 Å². The summed E-state index contributed by atoms with van der Waals surface area (Å²) in [5, 5.41) is 0. The van der Waals surface area contributed by atoms with Crippen LogP contribution in [0.25, 0.3) is 10.6 Å². The van der Waals surface area contributed by atoms with Crippen molar-refractivity contribution in [3.8, 4) is 16.3 Å². The van der Waals surface area contributed by atoms with Crippen molar-refractivity contribution in [1.29, 1.82) is 0 Å². The van der Waals surface area contributed by atoms with E-state index in [1.54, 1.807) is 37.0 Å². The predicted molar refractivity (Wildman–Crippen MR) is 120 cm³/mol. The summed E-state index contributed by atoms with van der Waals surface area (Å²) in [6.07, 6.45) is 7.68. The first-order valence-electron chi connectivity index (χ1n) is 10.6. The van der Waals surface area contributed by atoms with E-state index >= 15 is 0 Å². The van der Waals surface area contributed by atoms with E-state index in [4.69, 9.17) is 9.47 Å². The van der Waals surface area contributed by atoms with Crippen molar-refractivity contribution in [3.63, 3.8) is 0 Å². The van der Waals surface area contributed by atoms with Gasteiger partial charge in [-0.25, -0.2) is 0 Å². The number of ether oxygens (including phenoxy) is 2. The monoisotopic (exact) mass is 435 g/mol. The molecule has 5 heterocycles. The first kappa shape index (κ1) is 20.2. The Labute approximate surface area is 185 Å². The molecule has 3 aromatic heterocycles. The molecule has 31 heavy (non-hydrogen) atoms. The number of nitrogens with zero attached hydrogens (tertiary/aromatic N) is 3. The average Bonchev–Trinajstić information content (AvgIpc) is 3.26. The van der Waals surface area contributed by atoms with Gasteiger partial charge in [-0.15, -0.1) is 11.3 Å². The quantitative estimate of drug-likeness (QED) is 0.616. The Hall–Kier alpha value is -2.77. The van der Waals surface area contributed by atoms with Gasteiger partial charge in [-0.2, -0.15) is 0 Å². The van der Waals surface area contributed by atoms with E-state index in [1.165, 1.54) is 10.4 Å². The Bertz CT molecular complexity index is 1100. The molecule has 0 atom stereocenters. The number of piperidine rings is 1. The molecule has 7 heteroatoms. The van der Waals surface area contributed by atoms with Crippen molar-refractivity contribution in [2.75, 3.05) is 26.8 Å². The van der Waals surface area contributed by atoms with Gasteiger partial charge in [0, 0.05) is 36.8 Å². The molecule has 160 valence electrons. The van der Waals surface area contributed by atoms with E-state index in [0.717, 1.165) is 47.8 Å². The van der Waals surface area contributed by atoms with Crippen molar-refractivity contribution in [2.24, 2.45) is 0 Å². The maximum absolute atomic E-state index is 13.0. The summed E-state index contributed by atoms with van der Waals surface area (Å²) < 4.78 is 11.6. The molecule has 1 spiro atoms. The Balaban J connectivity index is 1.37. The van der Waals surface area contributed by atoms with Crippen molar-refractivity contribution >= 4 is 17.2 Å². The van der Waals surface area contributed by atoms with Crippen LogP contribution in [0.3, 0.4) is 0 Å². The van der Waals surface area contributed by atoms with Crippen LogP contribution in [0.5, 0.6) is 5.75 Å². The smallest absolute Gasteiger partial charge is 0.255 e. The molecular formula is C24H25N3O3S. The first-order chi connectivity index (χ1) is 15.1. The fourth-order valence-electron chi connectivity index (χ4n) is 4.53. The van der Waals surface area contributed by atoms with E-state index in [9.17, 15) is 4.79 Å². The molecular weight excluding hydrogens is 410 g/mol. The van der Waals surface area contributed by atoms with Crippen LogP contribution >= 0.6 is 11.3 Å². The van der Waals surface area contributed by atoms with Crippen molar-refractivity contribution < 1.29 is 14.3 Å². The number of thiophene rings is 1. The summed E-state index contributed by atoms with van der Waals surface area (Å²) in [6.45, 7) is 4.03. The minimum atomic E-state index is -0.310. The van der Waals surface area contributed by atoms with Gasteiger partial charge in [-0.05, 0) is 55.2 Å². The number of aromatic nitrogens is 2. The van der Waals surface area contributed by atoms with Crippen molar-refractivity contribution in [1.82, 2.24) is 14.9 Å². The molecule has 0 radical (unpaired) electrons. The molecule has 1 saturated heterocycles. The maximum Gasteiger partial charge on any atom is 0.255 e. The van der Waals surface area contributed by atoms with Gasteiger partial charge < -0.3 is 14.4 Å². The topological polar surface area (TPSA) is 64.6 Å². The molecule has 3 aromatic rings. The third kappa shape index (κ3) is 3.62. The lowest BCUT2D eigenvalue weighted by Crippen LogP contribution is -2.48. The number of fused-ring (bicyclic) bond motifs is 2. The van der Waals surface area contributed by atoms with Crippen molar-refractivity contribution in [3.05, 3.63) is 64.4 Å². The zero-order chi connectivity index (χ0) is 21.4. The highest BCUT2D eigenvalue weighted by Crippen LogP contribution is 2.46. The van der Waals surface area contributed by atoms with Gasteiger partial charge in [-0.3, -0.25) is 14.8 Å². The molecule has 0 bridgehead atoms. The first-order valence-corrected chi connectivity index (χ1v) is 11.4. The summed E-state index contributed by atoms with van der Waals surface area (Å²) in [5.41, 5.74) is 3.57. The van der Waals surface area contributed by atoms with Crippen LogP contribution < -0.4 is 4.74 Å². The summed E-state index contributed by atoms with van der Waals surface area (Å²) in [4.78, 5) is 26.2. The summed E-state index contributed by atoms with van der Waals surface area (Å²) in [6, 6.07) is 8.07. The number of carbonyl (C=O) groups excluding carboxylic acids is 1. The maximum atomic E-state index is 13.0. The number of pyridine rings is 2. The van der Waals surface area contributed by atoms with E-state index in [0.29, 0.717) is 18.7 Å². The summed E-state index contributed by atoms with van der Waals surface area (Å²) in [5.74, 6) is 0.815. The number of carbonyl (C=O) groups is 1. The van der Waals surface area contributed by atoms with E-state index < -0.39 is 0 Å². The minimum absolute atomic E-state index is 0.0601. The molecule has 1 fully saturated rings. The van der Waals surface area contributed by atoms with E-state index in [1.807, 2.05) is 30.0 Å². The zero-order valence-corrected chi connectivity index (χ0v) is 18.6. The number of hydrogen-bond acceptors (Lipinski definition) is 6. The van der Waals surface area contributed by atoms with E-state index in [2.05, 4.69) is 16.0 Å². The van der Waals surface area contributed by atoms with Gasteiger partial charge in [0.2, 0.25) is 0 Å². The highest BCUT2D eigenvalue weighted by atomic mass is 32.1. The molecule has 0 aliphatic carbocycles. The molecule has 1 amide bonds. The SMILES string of the molecule is COc1ccc(-c2cc3c(s2)CCOC32CCN(C(=O)c3cnccc3C)CC2)nc1. The largest absolute Gasteiger partial charge is 0.495 e. The number of methoxy groups -OCH3 is 1. The van der Waals surface area contributed by atoms with Gasteiger partial charge in [-0.1, -0.05) is 0 Å². The zero-order valence-electron chi connectivity index (χ0n) is 17.8. The lowest BCUT2D eigenvalue weighted by atomic mass is 9.82. The number of likely N-dealkylation sites (tertiary alicyclic amines) is 1. The lowest BCUT2D eigenvalue weighted by molar-refractivity contribution is -0.0926. The lowest BCUT2D eigenvalue weighted by Gasteiger charge is -2.44. The number of rotatable bonds is 3.